The molecule has 0 unspecified atom stereocenters. The number of carbonyl (C=O) groups is 1. The zero-order chi connectivity index (χ0) is 16.4. The van der Waals surface area contributed by atoms with Gasteiger partial charge in [-0.15, -0.1) is 0 Å². The first-order valence-corrected chi connectivity index (χ1v) is 7.47. The molecule has 0 aliphatic heterocycles. The van der Waals surface area contributed by atoms with E-state index >= 15 is 0 Å². The van der Waals surface area contributed by atoms with Crippen molar-refractivity contribution in [1.29, 1.82) is 0 Å². The van der Waals surface area contributed by atoms with Crippen molar-refractivity contribution in [1.82, 2.24) is 5.32 Å². The molecule has 6 heteroatoms. The fourth-order valence-electron chi connectivity index (χ4n) is 2.40. The predicted molar refractivity (Wildman–Crippen MR) is 80.4 cm³/mol. The third-order valence-corrected chi connectivity index (χ3v) is 3.71. The molecule has 0 saturated heterocycles. The Morgan fingerprint density at radius 3 is 2.70 bits per heavy atom. The maximum absolute atomic E-state index is 12.2. The van der Waals surface area contributed by atoms with Gasteiger partial charge in [0, 0.05) is 6.54 Å². The van der Waals surface area contributed by atoms with Gasteiger partial charge in [-0.2, -0.15) is 13.2 Å². The first kappa shape index (κ1) is 15.6. The maximum atomic E-state index is 12.2. The average molecular weight is 323 g/mol. The van der Waals surface area contributed by atoms with Crippen molar-refractivity contribution in [2.45, 2.75) is 31.5 Å². The van der Waals surface area contributed by atoms with Crippen LogP contribution in [0, 0.1) is 0 Å². The molecule has 1 saturated carbocycles. The number of hydrogen-bond acceptors (Lipinski definition) is 2. The Morgan fingerprint density at radius 2 is 2.00 bits per heavy atom. The van der Waals surface area contributed by atoms with E-state index in [2.05, 4.69) is 0 Å². The topological polar surface area (TPSA) is 38.3 Å². The van der Waals surface area contributed by atoms with E-state index in [0.717, 1.165) is 34.9 Å². The quantitative estimate of drug-likeness (QED) is 0.913. The van der Waals surface area contributed by atoms with Crippen LogP contribution in [0.3, 0.4) is 0 Å². The van der Waals surface area contributed by atoms with Gasteiger partial charge in [0.2, 0.25) is 0 Å². The lowest BCUT2D eigenvalue weighted by molar-refractivity contribution is -0.173. The van der Waals surface area contributed by atoms with Crippen LogP contribution in [0.4, 0.5) is 13.2 Å². The molecule has 3 nitrogen and oxygen atoms in total. The Kier molecular flexibility index (Phi) is 4.15. The summed E-state index contributed by atoms with van der Waals surface area (Å²) in [5.74, 6) is -1.14. The number of nitrogens with one attached hydrogen (secondary N) is 1. The molecule has 0 radical (unpaired) electrons. The van der Waals surface area contributed by atoms with E-state index in [9.17, 15) is 18.0 Å². The van der Waals surface area contributed by atoms with Crippen LogP contribution in [0.5, 0.6) is 5.75 Å². The molecule has 1 amide bonds. The number of alkyl halides is 3. The number of amides is 1. The van der Waals surface area contributed by atoms with E-state index < -0.39 is 12.1 Å². The monoisotopic (exact) mass is 323 g/mol. The minimum Gasteiger partial charge on any atom is -0.490 e. The SMILES string of the molecule is O=C(NCCc1cccc2ccc(OC3CC3)cc12)C(F)(F)F. The molecule has 122 valence electrons. The molecular weight excluding hydrogens is 307 g/mol. The molecule has 0 atom stereocenters. The third-order valence-electron chi connectivity index (χ3n) is 3.71. The largest absolute Gasteiger partial charge is 0.490 e. The zero-order valence-corrected chi connectivity index (χ0v) is 12.3. The lowest BCUT2D eigenvalue weighted by Gasteiger charge is -2.11. The van der Waals surface area contributed by atoms with Crippen LogP contribution in [-0.2, 0) is 11.2 Å². The minimum atomic E-state index is -4.84. The molecule has 2 aromatic carbocycles. The van der Waals surface area contributed by atoms with Crippen molar-refractivity contribution < 1.29 is 22.7 Å². The number of benzene rings is 2. The van der Waals surface area contributed by atoms with Crippen molar-refractivity contribution in [3.63, 3.8) is 0 Å². The standard InChI is InChI=1S/C17H16F3NO2/c18-17(19,20)16(22)21-9-8-12-3-1-2-11-4-5-14(10-15(11)12)23-13-6-7-13/h1-5,10,13H,6-9H2,(H,21,22). The van der Waals surface area contributed by atoms with E-state index in [1.54, 1.807) is 0 Å². The Labute approximate surface area is 131 Å². The number of fused-ring (bicyclic) bond motifs is 1. The van der Waals surface area contributed by atoms with Crippen LogP contribution in [0.2, 0.25) is 0 Å². The summed E-state index contributed by atoms with van der Waals surface area (Å²) in [4.78, 5) is 10.8. The second-order valence-corrected chi connectivity index (χ2v) is 5.62. The summed E-state index contributed by atoms with van der Waals surface area (Å²) in [6.45, 7) is -0.0643. The highest BCUT2D eigenvalue weighted by Crippen LogP contribution is 2.30. The van der Waals surface area contributed by atoms with Gasteiger partial charge in [-0.25, -0.2) is 0 Å². The molecule has 1 fully saturated rings. The van der Waals surface area contributed by atoms with Crippen molar-refractivity contribution >= 4 is 16.7 Å². The normalized spacial score (nSPS) is 14.7. The zero-order valence-electron chi connectivity index (χ0n) is 12.3. The second-order valence-electron chi connectivity index (χ2n) is 5.62. The van der Waals surface area contributed by atoms with E-state index in [1.165, 1.54) is 0 Å². The Morgan fingerprint density at radius 1 is 1.22 bits per heavy atom. The van der Waals surface area contributed by atoms with E-state index in [1.807, 2.05) is 41.7 Å². The van der Waals surface area contributed by atoms with Gasteiger partial charge in [0.05, 0.1) is 6.10 Å². The van der Waals surface area contributed by atoms with Crippen molar-refractivity contribution in [2.24, 2.45) is 0 Å². The molecule has 1 aliphatic rings. The number of hydrogen-bond donors (Lipinski definition) is 1. The molecule has 3 rings (SSSR count). The fourth-order valence-corrected chi connectivity index (χ4v) is 2.40. The van der Waals surface area contributed by atoms with Crippen LogP contribution < -0.4 is 10.1 Å². The molecule has 2 aromatic rings. The minimum absolute atomic E-state index is 0.0643. The van der Waals surface area contributed by atoms with Gasteiger partial charge in [-0.05, 0) is 47.7 Å². The van der Waals surface area contributed by atoms with E-state index in [-0.39, 0.29) is 12.6 Å². The summed E-state index contributed by atoms with van der Waals surface area (Å²) < 4.78 is 42.3. The summed E-state index contributed by atoms with van der Waals surface area (Å²) in [7, 11) is 0. The first-order valence-electron chi connectivity index (χ1n) is 7.47. The second kappa shape index (κ2) is 6.10. The van der Waals surface area contributed by atoms with Crippen LogP contribution in [-0.4, -0.2) is 24.7 Å². The van der Waals surface area contributed by atoms with Crippen molar-refractivity contribution in [2.75, 3.05) is 6.54 Å². The summed E-state index contributed by atoms with van der Waals surface area (Å²) >= 11 is 0. The highest BCUT2D eigenvalue weighted by atomic mass is 19.4. The van der Waals surface area contributed by atoms with Crippen molar-refractivity contribution in [3.05, 3.63) is 42.0 Å². The smallest absolute Gasteiger partial charge is 0.471 e. The summed E-state index contributed by atoms with van der Waals surface area (Å²) in [6, 6.07) is 11.4. The molecule has 23 heavy (non-hydrogen) atoms. The third kappa shape index (κ3) is 3.94. The van der Waals surface area contributed by atoms with Crippen LogP contribution in [0.15, 0.2) is 36.4 Å². The molecule has 0 spiro atoms. The first-order chi connectivity index (χ1) is 10.9. The molecule has 0 bridgehead atoms. The Hall–Kier alpha value is -2.24. The van der Waals surface area contributed by atoms with Crippen LogP contribution in [0.25, 0.3) is 10.8 Å². The summed E-state index contributed by atoms with van der Waals surface area (Å²) in [5.41, 5.74) is 0.881. The molecule has 0 aromatic heterocycles. The van der Waals surface area contributed by atoms with Gasteiger partial charge >= 0.3 is 12.1 Å². The van der Waals surface area contributed by atoms with E-state index in [4.69, 9.17) is 4.74 Å². The highest BCUT2D eigenvalue weighted by Gasteiger charge is 2.38. The van der Waals surface area contributed by atoms with Gasteiger partial charge in [-0.3, -0.25) is 4.79 Å². The van der Waals surface area contributed by atoms with Gasteiger partial charge in [-0.1, -0.05) is 24.3 Å². The van der Waals surface area contributed by atoms with Crippen LogP contribution in [0.1, 0.15) is 18.4 Å². The van der Waals surface area contributed by atoms with Gasteiger partial charge in [0.25, 0.3) is 0 Å². The van der Waals surface area contributed by atoms with Gasteiger partial charge in [0.15, 0.2) is 0 Å². The fraction of sp³-hybridized carbons (Fsp3) is 0.353. The average Bonchev–Trinajstić information content (AvgIpc) is 3.30. The summed E-state index contributed by atoms with van der Waals surface area (Å²) in [6.07, 6.45) is -2.12. The number of rotatable bonds is 5. The molecular formula is C17H16F3NO2. The number of halogens is 3. The maximum Gasteiger partial charge on any atom is 0.471 e. The molecule has 1 N–H and O–H groups in total. The van der Waals surface area contributed by atoms with Gasteiger partial charge < -0.3 is 10.1 Å². The van der Waals surface area contributed by atoms with Gasteiger partial charge in [0.1, 0.15) is 5.75 Å². The number of ether oxygens (including phenoxy) is 1. The lowest BCUT2D eigenvalue weighted by atomic mass is 10.0. The predicted octanol–water partition coefficient (Wildman–Crippen LogP) is 3.60. The molecule has 0 heterocycles. The lowest BCUT2D eigenvalue weighted by Crippen LogP contribution is -2.37. The summed E-state index contributed by atoms with van der Waals surface area (Å²) in [5, 5.41) is 3.83. The molecule has 1 aliphatic carbocycles. The van der Waals surface area contributed by atoms with Crippen LogP contribution >= 0.6 is 0 Å². The number of carbonyl (C=O) groups excluding carboxylic acids is 1. The highest BCUT2D eigenvalue weighted by molar-refractivity contribution is 5.87. The Balaban J connectivity index is 1.72. The van der Waals surface area contributed by atoms with E-state index in [0.29, 0.717) is 6.42 Å². The van der Waals surface area contributed by atoms with Crippen molar-refractivity contribution in [3.8, 4) is 5.75 Å². The Bertz CT molecular complexity index is 723.